The fourth-order valence-corrected chi connectivity index (χ4v) is 2.96. The van der Waals surface area contributed by atoms with E-state index in [-0.39, 0.29) is 11.7 Å². The lowest BCUT2D eigenvalue weighted by atomic mass is 9.79. The molecule has 1 aromatic carbocycles. The van der Waals surface area contributed by atoms with Crippen LogP contribution in [-0.2, 0) is 14.1 Å². The largest absolute Gasteiger partial charge is 0.386 e. The molecule has 0 bridgehead atoms. The lowest BCUT2D eigenvalue weighted by molar-refractivity contribution is 0.620. The average Bonchev–Trinajstić information content (AvgIpc) is 2.57. The van der Waals surface area contributed by atoms with Gasteiger partial charge in [-0.1, -0.05) is 30.3 Å². The molecular formula is C16H15N5O2. The summed E-state index contributed by atoms with van der Waals surface area (Å²) in [4.78, 5) is 28.9. The first-order valence-electron chi connectivity index (χ1n) is 7.06. The van der Waals surface area contributed by atoms with Crippen LogP contribution in [0.1, 0.15) is 17.0 Å². The van der Waals surface area contributed by atoms with Crippen molar-refractivity contribution in [2.75, 3.05) is 0 Å². The molecule has 2 aromatic rings. The number of fused-ring (bicyclic) bond motifs is 1. The maximum Gasteiger partial charge on any atom is 0.332 e. The molecule has 7 heteroatoms. The van der Waals surface area contributed by atoms with Crippen LogP contribution in [0, 0.1) is 17.2 Å². The van der Waals surface area contributed by atoms with Crippen molar-refractivity contribution in [2.45, 2.75) is 5.92 Å². The molecule has 7 nitrogen and oxygen atoms in total. The smallest absolute Gasteiger partial charge is 0.332 e. The highest BCUT2D eigenvalue weighted by molar-refractivity contribution is 5.91. The maximum absolute atomic E-state index is 12.7. The van der Waals surface area contributed by atoms with E-state index in [1.807, 2.05) is 30.3 Å². The number of benzene rings is 1. The topological polar surface area (TPSA) is 106 Å². The van der Waals surface area contributed by atoms with Crippen LogP contribution < -0.4 is 17.0 Å². The van der Waals surface area contributed by atoms with E-state index in [2.05, 4.69) is 11.1 Å². The average molecular weight is 309 g/mol. The molecule has 0 spiro atoms. The van der Waals surface area contributed by atoms with E-state index in [0.29, 0.717) is 5.56 Å². The first-order chi connectivity index (χ1) is 11.0. The van der Waals surface area contributed by atoms with Gasteiger partial charge < -0.3 is 5.73 Å². The summed E-state index contributed by atoms with van der Waals surface area (Å²) in [5.41, 5.74) is 6.12. The standard InChI is InChI=1S/C16H15N5O2/c1-20-14-12(15(22)21(2)16(20)23)11(9-6-4-3-5-7-9)10(8-17)13(18)19-14/h3-7,10-11H,1-2H3,(H2,18,19)/t10-,11-/m0/s1. The number of nitriles is 1. The first-order valence-corrected chi connectivity index (χ1v) is 7.06. The van der Waals surface area contributed by atoms with Crippen LogP contribution in [0.15, 0.2) is 44.9 Å². The van der Waals surface area contributed by atoms with Gasteiger partial charge in [-0.3, -0.25) is 13.9 Å². The van der Waals surface area contributed by atoms with Crippen molar-refractivity contribution >= 4 is 11.7 Å². The minimum atomic E-state index is -0.755. The Morgan fingerprint density at radius 3 is 2.43 bits per heavy atom. The number of amidine groups is 1. The highest BCUT2D eigenvalue weighted by Crippen LogP contribution is 2.38. The normalized spacial score (nSPS) is 19.6. The molecule has 0 fully saturated rings. The first kappa shape index (κ1) is 14.8. The second-order valence-electron chi connectivity index (χ2n) is 5.47. The Labute approximate surface area is 131 Å². The van der Waals surface area contributed by atoms with Crippen molar-refractivity contribution in [2.24, 2.45) is 30.7 Å². The molecule has 23 heavy (non-hydrogen) atoms. The molecule has 2 atom stereocenters. The van der Waals surface area contributed by atoms with E-state index in [1.165, 1.54) is 18.7 Å². The molecule has 0 radical (unpaired) electrons. The van der Waals surface area contributed by atoms with Gasteiger partial charge in [-0.2, -0.15) is 5.26 Å². The van der Waals surface area contributed by atoms with E-state index in [1.54, 1.807) is 0 Å². The van der Waals surface area contributed by atoms with Crippen LogP contribution in [0.25, 0.3) is 0 Å². The summed E-state index contributed by atoms with van der Waals surface area (Å²) in [5, 5.41) is 9.51. The van der Waals surface area contributed by atoms with Gasteiger partial charge in [0.1, 0.15) is 17.6 Å². The van der Waals surface area contributed by atoms with Crippen LogP contribution in [-0.4, -0.2) is 15.0 Å². The van der Waals surface area contributed by atoms with Crippen LogP contribution in [0.5, 0.6) is 0 Å². The Morgan fingerprint density at radius 2 is 1.83 bits per heavy atom. The second-order valence-corrected chi connectivity index (χ2v) is 5.47. The Morgan fingerprint density at radius 1 is 1.17 bits per heavy atom. The molecule has 0 saturated carbocycles. The number of nitrogens with two attached hydrogens (primary N) is 1. The second kappa shape index (κ2) is 5.25. The van der Waals surface area contributed by atoms with E-state index < -0.39 is 23.1 Å². The van der Waals surface area contributed by atoms with Gasteiger partial charge in [0.25, 0.3) is 5.56 Å². The number of hydrogen-bond acceptors (Lipinski definition) is 5. The number of hydrogen-bond donors (Lipinski definition) is 1. The summed E-state index contributed by atoms with van der Waals surface area (Å²) in [7, 11) is 2.95. The third-order valence-electron chi connectivity index (χ3n) is 4.16. The van der Waals surface area contributed by atoms with Crippen LogP contribution in [0.3, 0.4) is 0 Å². The predicted molar refractivity (Wildman–Crippen MR) is 85.6 cm³/mol. The summed E-state index contributed by atoms with van der Waals surface area (Å²) in [6.07, 6.45) is 0. The van der Waals surface area contributed by atoms with Crippen molar-refractivity contribution in [1.82, 2.24) is 9.13 Å². The van der Waals surface area contributed by atoms with Crippen molar-refractivity contribution in [3.05, 3.63) is 62.3 Å². The highest BCUT2D eigenvalue weighted by Gasteiger charge is 2.37. The zero-order valence-electron chi connectivity index (χ0n) is 12.7. The molecule has 0 aliphatic carbocycles. The zero-order chi connectivity index (χ0) is 16.7. The van der Waals surface area contributed by atoms with Gasteiger partial charge in [0, 0.05) is 20.0 Å². The Hall–Kier alpha value is -3.14. The van der Waals surface area contributed by atoms with Gasteiger partial charge in [0.15, 0.2) is 0 Å². The Kier molecular flexibility index (Phi) is 3.37. The molecule has 2 N–H and O–H groups in total. The molecule has 116 valence electrons. The minimum Gasteiger partial charge on any atom is -0.386 e. The zero-order valence-corrected chi connectivity index (χ0v) is 12.7. The Balaban J connectivity index is 2.44. The fourth-order valence-electron chi connectivity index (χ4n) is 2.96. The van der Waals surface area contributed by atoms with Crippen molar-refractivity contribution in [3.8, 4) is 6.07 Å². The van der Waals surface area contributed by atoms with Crippen molar-refractivity contribution < 1.29 is 0 Å². The Bertz CT molecular complexity index is 963. The van der Waals surface area contributed by atoms with Crippen LogP contribution >= 0.6 is 0 Å². The minimum absolute atomic E-state index is 0.108. The SMILES string of the molecule is Cn1c2c(c(=O)n(C)c1=O)[C@@H](c1ccccc1)[C@H](C#N)C(N)=N2. The van der Waals surface area contributed by atoms with Gasteiger partial charge in [0.2, 0.25) is 0 Å². The molecular weight excluding hydrogens is 294 g/mol. The summed E-state index contributed by atoms with van der Waals surface area (Å²) in [6, 6.07) is 11.3. The number of aromatic nitrogens is 2. The van der Waals surface area contributed by atoms with Gasteiger partial charge in [-0.15, -0.1) is 0 Å². The summed E-state index contributed by atoms with van der Waals surface area (Å²) in [5.74, 6) is -0.984. The lowest BCUT2D eigenvalue weighted by Crippen LogP contribution is -2.43. The lowest BCUT2D eigenvalue weighted by Gasteiger charge is -2.28. The molecule has 2 heterocycles. The molecule has 0 amide bonds. The van der Waals surface area contributed by atoms with Gasteiger partial charge in [-0.05, 0) is 5.56 Å². The number of rotatable bonds is 1. The maximum atomic E-state index is 12.7. The molecule has 0 unspecified atom stereocenters. The number of nitrogens with zero attached hydrogens (tertiary/aromatic N) is 4. The molecule has 3 rings (SSSR count). The molecule has 0 saturated heterocycles. The molecule has 1 aliphatic heterocycles. The van der Waals surface area contributed by atoms with Crippen LogP contribution in [0.2, 0.25) is 0 Å². The molecule has 1 aliphatic rings. The van der Waals surface area contributed by atoms with E-state index in [9.17, 15) is 14.9 Å². The van der Waals surface area contributed by atoms with Gasteiger partial charge in [0.05, 0.1) is 11.6 Å². The predicted octanol–water partition coefficient (Wildman–Crippen LogP) is 0.358. The molecule has 1 aromatic heterocycles. The summed E-state index contributed by atoms with van der Waals surface area (Å²) < 4.78 is 2.31. The highest BCUT2D eigenvalue weighted by atomic mass is 16.2. The van der Waals surface area contributed by atoms with E-state index in [4.69, 9.17) is 5.73 Å². The van der Waals surface area contributed by atoms with Gasteiger partial charge in [-0.25, -0.2) is 9.79 Å². The fraction of sp³-hybridized carbons (Fsp3) is 0.250. The van der Waals surface area contributed by atoms with E-state index >= 15 is 0 Å². The van der Waals surface area contributed by atoms with Crippen molar-refractivity contribution in [3.63, 3.8) is 0 Å². The van der Waals surface area contributed by atoms with Gasteiger partial charge >= 0.3 is 5.69 Å². The summed E-state index contributed by atoms with van der Waals surface area (Å²) in [6.45, 7) is 0. The summed E-state index contributed by atoms with van der Waals surface area (Å²) >= 11 is 0. The van der Waals surface area contributed by atoms with Crippen LogP contribution in [0.4, 0.5) is 5.82 Å². The monoisotopic (exact) mass is 309 g/mol. The quantitative estimate of drug-likeness (QED) is 0.820. The third kappa shape index (κ3) is 2.07. The third-order valence-corrected chi connectivity index (χ3v) is 4.16. The number of aliphatic imine (C=N–C) groups is 1. The van der Waals surface area contributed by atoms with Crippen molar-refractivity contribution in [1.29, 1.82) is 5.26 Å². The van der Waals surface area contributed by atoms with E-state index in [0.717, 1.165) is 10.1 Å².